The number of hydrogen-bond donors (Lipinski definition) is 2. The van der Waals surface area contributed by atoms with E-state index in [4.69, 9.17) is 31.5 Å². The summed E-state index contributed by atoms with van der Waals surface area (Å²) in [6.45, 7) is 2.84. The van der Waals surface area contributed by atoms with Crippen LogP contribution in [0, 0.1) is 0 Å². The van der Waals surface area contributed by atoms with Crippen molar-refractivity contribution in [3.63, 3.8) is 0 Å². The summed E-state index contributed by atoms with van der Waals surface area (Å²) >= 11 is 6.00. The molecule has 0 aliphatic carbocycles. The predicted octanol–water partition coefficient (Wildman–Crippen LogP) is 3.68. The van der Waals surface area contributed by atoms with Crippen LogP contribution in [0.4, 0.5) is 5.69 Å². The van der Waals surface area contributed by atoms with Crippen molar-refractivity contribution < 1.29 is 14.2 Å². The topological polar surface area (TPSA) is 78.1 Å². The van der Waals surface area contributed by atoms with Crippen LogP contribution in [0.15, 0.2) is 41.4 Å². The molecule has 0 saturated carbocycles. The maximum absolute atomic E-state index is 6.00. The minimum absolute atomic E-state index is 0.282. The van der Waals surface area contributed by atoms with Gasteiger partial charge >= 0.3 is 0 Å². The normalized spacial score (nSPS) is 11.1. The largest absolute Gasteiger partial charge is 0.493 e. The third-order valence-corrected chi connectivity index (χ3v) is 3.64. The van der Waals surface area contributed by atoms with Crippen LogP contribution in [0.1, 0.15) is 12.5 Å². The number of halogens is 1. The van der Waals surface area contributed by atoms with Crippen molar-refractivity contribution in [3.05, 3.63) is 47.0 Å². The number of benzene rings is 2. The van der Waals surface area contributed by atoms with Crippen LogP contribution in [0.2, 0.25) is 5.02 Å². The second kappa shape index (κ2) is 9.03. The number of nitrogens with one attached hydrogen (secondary N) is 1. The molecule has 0 heterocycles. The number of rotatable bonds is 7. The van der Waals surface area contributed by atoms with Crippen molar-refractivity contribution in [3.8, 4) is 17.2 Å². The van der Waals surface area contributed by atoms with Crippen LogP contribution in [0.3, 0.4) is 0 Å². The van der Waals surface area contributed by atoms with Gasteiger partial charge in [0.25, 0.3) is 0 Å². The molecule has 3 N–H and O–H groups in total. The van der Waals surface area contributed by atoms with Crippen LogP contribution in [0.25, 0.3) is 0 Å². The van der Waals surface area contributed by atoms with E-state index in [0.717, 1.165) is 11.3 Å². The van der Waals surface area contributed by atoms with E-state index in [9.17, 15) is 0 Å². The van der Waals surface area contributed by atoms with Gasteiger partial charge in [0.2, 0.25) is 0 Å². The van der Waals surface area contributed by atoms with Gasteiger partial charge in [0.1, 0.15) is 5.75 Å². The summed E-state index contributed by atoms with van der Waals surface area (Å²) in [7, 11) is 3.16. The quantitative estimate of drug-likeness (QED) is 0.579. The van der Waals surface area contributed by atoms with E-state index in [0.29, 0.717) is 35.4 Å². The van der Waals surface area contributed by atoms with Crippen LogP contribution in [-0.2, 0) is 6.54 Å². The Morgan fingerprint density at radius 2 is 1.84 bits per heavy atom. The van der Waals surface area contributed by atoms with Crippen LogP contribution in [-0.4, -0.2) is 26.8 Å². The van der Waals surface area contributed by atoms with Gasteiger partial charge in [0.05, 0.1) is 27.4 Å². The molecular formula is C18H22ClN3O3. The minimum atomic E-state index is 0.282. The van der Waals surface area contributed by atoms with Gasteiger partial charge in [0, 0.05) is 22.3 Å². The van der Waals surface area contributed by atoms with E-state index in [1.54, 1.807) is 38.5 Å². The van der Waals surface area contributed by atoms with Crippen molar-refractivity contribution in [2.24, 2.45) is 10.7 Å². The third-order valence-electron chi connectivity index (χ3n) is 3.40. The molecule has 7 heteroatoms. The summed E-state index contributed by atoms with van der Waals surface area (Å²) in [5.74, 6) is 2.24. The lowest BCUT2D eigenvalue weighted by Crippen LogP contribution is -2.22. The highest BCUT2D eigenvalue weighted by Crippen LogP contribution is 2.29. The van der Waals surface area contributed by atoms with Crippen molar-refractivity contribution >= 4 is 23.2 Å². The summed E-state index contributed by atoms with van der Waals surface area (Å²) in [5.41, 5.74) is 7.63. The Balaban J connectivity index is 2.10. The van der Waals surface area contributed by atoms with Crippen molar-refractivity contribution in [2.45, 2.75) is 13.5 Å². The highest BCUT2D eigenvalue weighted by Gasteiger charge is 2.07. The van der Waals surface area contributed by atoms with E-state index < -0.39 is 0 Å². The molecule has 0 aromatic heterocycles. The molecule has 2 aromatic rings. The molecule has 134 valence electrons. The number of nitrogens with two attached hydrogens (primary N) is 1. The molecule has 0 radical (unpaired) electrons. The number of anilines is 1. The summed E-state index contributed by atoms with van der Waals surface area (Å²) in [6.07, 6.45) is 0. The maximum Gasteiger partial charge on any atom is 0.193 e. The monoisotopic (exact) mass is 363 g/mol. The molecule has 25 heavy (non-hydrogen) atoms. The molecule has 0 atom stereocenters. The molecule has 0 unspecified atom stereocenters. The maximum atomic E-state index is 6.00. The smallest absolute Gasteiger partial charge is 0.193 e. The highest BCUT2D eigenvalue weighted by molar-refractivity contribution is 6.30. The SMILES string of the molecule is CCOc1cc(Cl)ccc1CN=C(N)Nc1ccc(OC)c(OC)c1. The molecule has 0 amide bonds. The summed E-state index contributed by atoms with van der Waals surface area (Å²) < 4.78 is 16.1. The molecule has 6 nitrogen and oxygen atoms in total. The average Bonchev–Trinajstić information content (AvgIpc) is 2.61. The number of methoxy groups -OCH3 is 2. The van der Waals surface area contributed by atoms with Gasteiger partial charge in [0.15, 0.2) is 17.5 Å². The number of ether oxygens (including phenoxy) is 3. The number of guanidine groups is 1. The Hall–Kier alpha value is -2.60. The Labute approximate surface area is 152 Å². The first-order valence-corrected chi connectivity index (χ1v) is 8.15. The lowest BCUT2D eigenvalue weighted by atomic mass is 10.2. The first-order chi connectivity index (χ1) is 12.1. The fraction of sp³-hybridized carbons (Fsp3) is 0.278. The van der Waals surface area contributed by atoms with Crippen LogP contribution in [0.5, 0.6) is 17.2 Å². The summed E-state index contributed by atoms with van der Waals surface area (Å²) in [4.78, 5) is 4.35. The second-order valence-electron chi connectivity index (χ2n) is 5.08. The average molecular weight is 364 g/mol. The lowest BCUT2D eigenvalue weighted by molar-refractivity contribution is 0.336. The first kappa shape index (κ1) is 18.7. The van der Waals surface area contributed by atoms with E-state index in [1.165, 1.54) is 0 Å². The minimum Gasteiger partial charge on any atom is -0.493 e. The van der Waals surface area contributed by atoms with Gasteiger partial charge in [-0.05, 0) is 31.2 Å². The molecule has 0 aliphatic rings. The van der Waals surface area contributed by atoms with Crippen LogP contribution >= 0.6 is 11.6 Å². The van der Waals surface area contributed by atoms with E-state index in [2.05, 4.69) is 10.3 Å². The standard InChI is InChI=1S/C18H22ClN3O3/c1-4-25-16-9-13(19)6-5-12(16)11-21-18(20)22-14-7-8-15(23-2)17(10-14)24-3/h5-10H,4,11H2,1-3H3,(H3,20,21,22). The summed E-state index contributed by atoms with van der Waals surface area (Å²) in [5, 5.41) is 3.64. The fourth-order valence-electron chi connectivity index (χ4n) is 2.22. The zero-order valence-corrected chi connectivity index (χ0v) is 15.3. The van der Waals surface area contributed by atoms with Gasteiger partial charge < -0.3 is 25.3 Å². The summed E-state index contributed by atoms with van der Waals surface area (Å²) in [6, 6.07) is 10.9. The van der Waals surface area contributed by atoms with Gasteiger partial charge in [-0.15, -0.1) is 0 Å². The van der Waals surface area contributed by atoms with Gasteiger partial charge in [-0.3, -0.25) is 0 Å². The molecule has 2 rings (SSSR count). The third kappa shape index (κ3) is 5.19. The zero-order chi connectivity index (χ0) is 18.2. The van der Waals surface area contributed by atoms with Crippen molar-refractivity contribution in [2.75, 3.05) is 26.1 Å². The Bertz CT molecular complexity index is 750. The molecule has 0 spiro atoms. The Morgan fingerprint density at radius 1 is 1.08 bits per heavy atom. The number of aliphatic imine (C=N–C) groups is 1. The van der Waals surface area contributed by atoms with Gasteiger partial charge in [-0.2, -0.15) is 0 Å². The van der Waals surface area contributed by atoms with Crippen molar-refractivity contribution in [1.82, 2.24) is 0 Å². The molecule has 0 saturated heterocycles. The Kier molecular flexibility index (Phi) is 6.77. The molecule has 0 fully saturated rings. The van der Waals surface area contributed by atoms with Crippen molar-refractivity contribution in [1.29, 1.82) is 0 Å². The zero-order valence-electron chi connectivity index (χ0n) is 14.5. The fourth-order valence-corrected chi connectivity index (χ4v) is 2.38. The van der Waals surface area contributed by atoms with Gasteiger partial charge in [-0.25, -0.2) is 4.99 Å². The molecule has 2 aromatic carbocycles. The molecule has 0 bridgehead atoms. The number of hydrogen-bond acceptors (Lipinski definition) is 4. The van der Waals surface area contributed by atoms with E-state index in [-0.39, 0.29) is 5.96 Å². The van der Waals surface area contributed by atoms with E-state index >= 15 is 0 Å². The Morgan fingerprint density at radius 3 is 2.52 bits per heavy atom. The first-order valence-electron chi connectivity index (χ1n) is 7.77. The molecular weight excluding hydrogens is 342 g/mol. The lowest BCUT2D eigenvalue weighted by Gasteiger charge is -2.12. The van der Waals surface area contributed by atoms with Gasteiger partial charge in [-0.1, -0.05) is 17.7 Å². The highest BCUT2D eigenvalue weighted by atomic mass is 35.5. The molecule has 0 aliphatic heterocycles. The van der Waals surface area contributed by atoms with E-state index in [1.807, 2.05) is 19.1 Å². The predicted molar refractivity (Wildman–Crippen MR) is 101 cm³/mol. The number of nitrogens with zero attached hydrogens (tertiary/aromatic N) is 1. The second-order valence-corrected chi connectivity index (χ2v) is 5.52. The van der Waals surface area contributed by atoms with Crippen LogP contribution < -0.4 is 25.3 Å².